The second-order valence-electron chi connectivity index (χ2n) is 3.85. The second-order valence-corrected chi connectivity index (χ2v) is 3.85. The zero-order chi connectivity index (χ0) is 9.35. The van der Waals surface area contributed by atoms with Gasteiger partial charge in [-0.2, -0.15) is 0 Å². The maximum absolute atomic E-state index is 10.6. The molecule has 0 aliphatic heterocycles. The molecule has 1 aromatic heterocycles. The van der Waals surface area contributed by atoms with Gasteiger partial charge in [0.25, 0.3) is 0 Å². The average molecular weight is 166 g/mol. The average Bonchev–Trinajstić information content (AvgIpc) is 2.29. The van der Waals surface area contributed by atoms with Gasteiger partial charge >= 0.3 is 0 Å². The monoisotopic (exact) mass is 166 g/mol. The summed E-state index contributed by atoms with van der Waals surface area (Å²) < 4.78 is 1.93. The van der Waals surface area contributed by atoms with Crippen molar-refractivity contribution in [3.8, 4) is 0 Å². The van der Waals surface area contributed by atoms with E-state index in [1.54, 1.807) is 6.20 Å². The molecule has 0 atom stereocenters. The Morgan fingerprint density at radius 1 is 1.50 bits per heavy atom. The van der Waals surface area contributed by atoms with Crippen molar-refractivity contribution in [2.24, 2.45) is 0 Å². The fourth-order valence-electron chi connectivity index (χ4n) is 1.42. The van der Waals surface area contributed by atoms with Gasteiger partial charge in [0, 0.05) is 5.54 Å². The second kappa shape index (κ2) is 2.73. The molecule has 0 fully saturated rings. The Bertz CT molecular complexity index is 294. The van der Waals surface area contributed by atoms with Crippen molar-refractivity contribution >= 4 is 6.29 Å². The standard InChI is InChI=1S/C9H14N2O/c1-7-10-5-8(6-12)11(7)9(2,3)4/h5-6H,1-4H3. The van der Waals surface area contributed by atoms with Gasteiger partial charge in [0.1, 0.15) is 11.5 Å². The zero-order valence-corrected chi connectivity index (χ0v) is 7.96. The summed E-state index contributed by atoms with van der Waals surface area (Å²) in [6, 6.07) is 0. The Hall–Kier alpha value is -1.12. The normalized spacial score (nSPS) is 11.7. The van der Waals surface area contributed by atoms with Gasteiger partial charge in [-0.15, -0.1) is 0 Å². The van der Waals surface area contributed by atoms with E-state index in [1.165, 1.54) is 0 Å². The highest BCUT2D eigenvalue weighted by Gasteiger charge is 2.18. The quantitative estimate of drug-likeness (QED) is 0.596. The van der Waals surface area contributed by atoms with Gasteiger partial charge in [-0.05, 0) is 27.7 Å². The maximum atomic E-state index is 10.6. The van der Waals surface area contributed by atoms with Crippen LogP contribution in [-0.2, 0) is 5.54 Å². The SMILES string of the molecule is Cc1ncc(C=O)n1C(C)(C)C. The molecule has 0 unspecified atom stereocenters. The number of aromatic nitrogens is 2. The van der Waals surface area contributed by atoms with E-state index in [1.807, 2.05) is 11.5 Å². The predicted molar refractivity (Wildman–Crippen MR) is 47.3 cm³/mol. The summed E-state index contributed by atoms with van der Waals surface area (Å²) >= 11 is 0. The van der Waals surface area contributed by atoms with E-state index in [4.69, 9.17) is 0 Å². The summed E-state index contributed by atoms with van der Waals surface area (Å²) in [4.78, 5) is 14.7. The molecule has 0 spiro atoms. The Kier molecular flexibility index (Phi) is 2.04. The Labute approximate surface area is 72.4 Å². The highest BCUT2D eigenvalue weighted by Crippen LogP contribution is 2.18. The van der Waals surface area contributed by atoms with Gasteiger partial charge in [-0.3, -0.25) is 4.79 Å². The molecule has 0 bridgehead atoms. The van der Waals surface area contributed by atoms with Gasteiger partial charge in [-0.25, -0.2) is 4.98 Å². The topological polar surface area (TPSA) is 34.9 Å². The Morgan fingerprint density at radius 3 is 2.42 bits per heavy atom. The molecule has 1 aromatic rings. The smallest absolute Gasteiger partial charge is 0.168 e. The highest BCUT2D eigenvalue weighted by molar-refractivity contribution is 5.72. The minimum atomic E-state index is -0.0726. The lowest BCUT2D eigenvalue weighted by Crippen LogP contribution is -2.25. The molecular weight excluding hydrogens is 152 g/mol. The molecule has 1 rings (SSSR count). The molecule has 1 heterocycles. The molecule has 0 radical (unpaired) electrons. The predicted octanol–water partition coefficient (Wildman–Crippen LogP) is 1.76. The van der Waals surface area contributed by atoms with Crippen LogP contribution < -0.4 is 0 Å². The summed E-state index contributed by atoms with van der Waals surface area (Å²) in [5, 5.41) is 0. The number of hydrogen-bond donors (Lipinski definition) is 0. The molecule has 3 heteroatoms. The summed E-state index contributed by atoms with van der Waals surface area (Å²) in [6.07, 6.45) is 2.44. The summed E-state index contributed by atoms with van der Waals surface area (Å²) in [5.41, 5.74) is 0.566. The van der Waals surface area contributed by atoms with Crippen LogP contribution in [0.4, 0.5) is 0 Å². The van der Waals surface area contributed by atoms with E-state index < -0.39 is 0 Å². The van der Waals surface area contributed by atoms with Crippen LogP contribution in [0.15, 0.2) is 6.20 Å². The van der Waals surface area contributed by atoms with Crippen molar-refractivity contribution in [2.75, 3.05) is 0 Å². The Morgan fingerprint density at radius 2 is 2.08 bits per heavy atom. The number of carbonyl (C=O) groups excluding carboxylic acids is 1. The maximum Gasteiger partial charge on any atom is 0.168 e. The molecular formula is C9H14N2O. The minimum absolute atomic E-state index is 0.0726. The first-order valence-corrected chi connectivity index (χ1v) is 3.97. The number of rotatable bonds is 1. The van der Waals surface area contributed by atoms with Gasteiger partial charge < -0.3 is 4.57 Å². The molecule has 0 aliphatic rings. The fraction of sp³-hybridized carbons (Fsp3) is 0.556. The van der Waals surface area contributed by atoms with Gasteiger partial charge in [0.2, 0.25) is 0 Å². The van der Waals surface area contributed by atoms with Crippen LogP contribution in [0.25, 0.3) is 0 Å². The van der Waals surface area contributed by atoms with Crippen LogP contribution >= 0.6 is 0 Å². The molecule has 12 heavy (non-hydrogen) atoms. The van der Waals surface area contributed by atoms with Crippen LogP contribution in [-0.4, -0.2) is 15.8 Å². The van der Waals surface area contributed by atoms with Crippen molar-refractivity contribution in [2.45, 2.75) is 33.2 Å². The van der Waals surface area contributed by atoms with Crippen LogP contribution in [0.1, 0.15) is 37.1 Å². The van der Waals surface area contributed by atoms with Crippen LogP contribution in [0.3, 0.4) is 0 Å². The van der Waals surface area contributed by atoms with Gasteiger partial charge in [0.15, 0.2) is 6.29 Å². The van der Waals surface area contributed by atoms with E-state index in [0.717, 1.165) is 12.1 Å². The molecule has 3 nitrogen and oxygen atoms in total. The largest absolute Gasteiger partial charge is 0.321 e. The number of hydrogen-bond acceptors (Lipinski definition) is 2. The van der Waals surface area contributed by atoms with Gasteiger partial charge in [-0.1, -0.05) is 0 Å². The number of aldehydes is 1. The summed E-state index contributed by atoms with van der Waals surface area (Å²) in [6.45, 7) is 8.05. The molecule has 0 amide bonds. The van der Waals surface area contributed by atoms with E-state index in [0.29, 0.717) is 5.69 Å². The lowest BCUT2D eigenvalue weighted by atomic mass is 10.1. The van der Waals surface area contributed by atoms with Crippen molar-refractivity contribution in [1.29, 1.82) is 0 Å². The van der Waals surface area contributed by atoms with E-state index in [9.17, 15) is 4.79 Å². The first kappa shape index (κ1) is 8.97. The van der Waals surface area contributed by atoms with Crippen molar-refractivity contribution < 1.29 is 4.79 Å². The molecule has 0 aliphatic carbocycles. The Balaban J connectivity index is 3.28. The van der Waals surface area contributed by atoms with E-state index in [2.05, 4.69) is 25.8 Å². The third-order valence-corrected chi connectivity index (χ3v) is 1.76. The van der Waals surface area contributed by atoms with Crippen LogP contribution in [0.2, 0.25) is 0 Å². The molecule has 0 N–H and O–H groups in total. The lowest BCUT2D eigenvalue weighted by Gasteiger charge is -2.23. The van der Waals surface area contributed by atoms with Crippen molar-refractivity contribution in [3.05, 3.63) is 17.7 Å². The number of imidazole rings is 1. The molecule has 0 saturated heterocycles. The zero-order valence-electron chi connectivity index (χ0n) is 7.96. The number of carbonyl (C=O) groups is 1. The van der Waals surface area contributed by atoms with Crippen molar-refractivity contribution in [3.63, 3.8) is 0 Å². The van der Waals surface area contributed by atoms with Crippen LogP contribution in [0.5, 0.6) is 0 Å². The fourth-order valence-corrected chi connectivity index (χ4v) is 1.42. The first-order chi connectivity index (χ1) is 5.46. The van der Waals surface area contributed by atoms with E-state index in [-0.39, 0.29) is 5.54 Å². The minimum Gasteiger partial charge on any atom is -0.321 e. The summed E-state index contributed by atoms with van der Waals surface area (Å²) in [7, 11) is 0. The van der Waals surface area contributed by atoms with Crippen molar-refractivity contribution in [1.82, 2.24) is 9.55 Å². The molecule has 0 aromatic carbocycles. The summed E-state index contributed by atoms with van der Waals surface area (Å²) in [5.74, 6) is 0.879. The lowest BCUT2D eigenvalue weighted by molar-refractivity contribution is 0.111. The first-order valence-electron chi connectivity index (χ1n) is 3.97. The third-order valence-electron chi connectivity index (χ3n) is 1.76. The number of aryl methyl sites for hydroxylation is 1. The molecule has 0 saturated carbocycles. The van der Waals surface area contributed by atoms with E-state index >= 15 is 0 Å². The third kappa shape index (κ3) is 1.40. The van der Waals surface area contributed by atoms with Gasteiger partial charge in [0.05, 0.1) is 6.20 Å². The van der Waals surface area contributed by atoms with Crippen LogP contribution in [0, 0.1) is 6.92 Å². The molecule has 66 valence electrons. The highest BCUT2D eigenvalue weighted by atomic mass is 16.1. The number of nitrogens with zero attached hydrogens (tertiary/aromatic N) is 2.